The van der Waals surface area contributed by atoms with Gasteiger partial charge in [-0.3, -0.25) is 10.1 Å². The third kappa shape index (κ3) is 5.41. The van der Waals surface area contributed by atoms with Gasteiger partial charge in [0.2, 0.25) is 0 Å². The zero-order valence-corrected chi connectivity index (χ0v) is 13.1. The van der Waals surface area contributed by atoms with E-state index in [1.54, 1.807) is 12.1 Å². The summed E-state index contributed by atoms with van der Waals surface area (Å²) in [7, 11) is 1.33. The van der Waals surface area contributed by atoms with Gasteiger partial charge in [0, 0.05) is 17.7 Å². The SMILES string of the molecule is COc1cc(/C=N\OCc2cccc([N+](=O)[O-])c2)ccc1OC(F)F. The van der Waals surface area contributed by atoms with Crippen LogP contribution in [0, 0.1) is 10.1 Å². The first-order valence-corrected chi connectivity index (χ1v) is 7.01. The van der Waals surface area contributed by atoms with Gasteiger partial charge in [0.1, 0.15) is 6.61 Å². The van der Waals surface area contributed by atoms with Crippen LogP contribution in [-0.4, -0.2) is 24.9 Å². The van der Waals surface area contributed by atoms with Crippen LogP contribution in [0.2, 0.25) is 0 Å². The molecule has 2 aromatic rings. The fourth-order valence-electron chi connectivity index (χ4n) is 1.93. The van der Waals surface area contributed by atoms with Gasteiger partial charge in [0.05, 0.1) is 18.2 Å². The number of methoxy groups -OCH3 is 1. The number of ether oxygens (including phenoxy) is 2. The highest BCUT2D eigenvalue weighted by Gasteiger charge is 2.10. The quantitative estimate of drug-likeness (QED) is 0.410. The molecule has 0 spiro atoms. The molecule has 0 saturated carbocycles. The van der Waals surface area contributed by atoms with Crippen molar-refractivity contribution in [2.24, 2.45) is 5.16 Å². The standard InChI is InChI=1S/C16H14F2N2O5/c1-23-15-8-11(5-6-14(15)25-16(17)18)9-19-24-10-12-3-2-4-13(7-12)20(21)22/h2-9,16H,10H2,1H3/b19-9-. The number of rotatable bonds is 8. The summed E-state index contributed by atoms with van der Waals surface area (Å²) in [4.78, 5) is 15.3. The number of nitro groups is 1. The minimum Gasteiger partial charge on any atom is -0.493 e. The number of hydrogen-bond donors (Lipinski definition) is 0. The number of nitrogens with zero attached hydrogens (tertiary/aromatic N) is 2. The first-order valence-electron chi connectivity index (χ1n) is 7.01. The summed E-state index contributed by atoms with van der Waals surface area (Å²) in [6.07, 6.45) is 1.35. The van der Waals surface area contributed by atoms with Crippen molar-refractivity contribution in [2.75, 3.05) is 7.11 Å². The number of non-ortho nitro benzene ring substituents is 1. The van der Waals surface area contributed by atoms with Crippen LogP contribution in [-0.2, 0) is 11.4 Å². The Bertz CT molecular complexity index is 768. The lowest BCUT2D eigenvalue weighted by Gasteiger charge is -2.09. The molecule has 0 saturated heterocycles. The van der Waals surface area contributed by atoms with Crippen LogP contribution in [0.5, 0.6) is 11.5 Å². The van der Waals surface area contributed by atoms with E-state index in [1.807, 2.05) is 0 Å². The lowest BCUT2D eigenvalue weighted by molar-refractivity contribution is -0.384. The number of alkyl halides is 2. The Labute approximate surface area is 141 Å². The van der Waals surface area contributed by atoms with Crippen molar-refractivity contribution in [2.45, 2.75) is 13.2 Å². The van der Waals surface area contributed by atoms with Gasteiger partial charge in [0.15, 0.2) is 11.5 Å². The molecule has 9 heteroatoms. The maximum atomic E-state index is 12.3. The molecule has 0 atom stereocenters. The molecule has 0 bridgehead atoms. The van der Waals surface area contributed by atoms with Gasteiger partial charge in [0.25, 0.3) is 5.69 Å². The summed E-state index contributed by atoms with van der Waals surface area (Å²) in [5.74, 6) is 0.0371. The minimum atomic E-state index is -2.95. The molecule has 7 nitrogen and oxygen atoms in total. The summed E-state index contributed by atoms with van der Waals surface area (Å²) in [6, 6.07) is 10.3. The van der Waals surface area contributed by atoms with E-state index in [1.165, 1.54) is 43.7 Å². The molecule has 2 aromatic carbocycles. The predicted molar refractivity (Wildman–Crippen MR) is 85.1 cm³/mol. The lowest BCUT2D eigenvalue weighted by atomic mass is 10.2. The molecule has 0 fully saturated rings. The van der Waals surface area contributed by atoms with E-state index in [0.717, 1.165) is 0 Å². The van der Waals surface area contributed by atoms with Gasteiger partial charge in [-0.05, 0) is 23.8 Å². The summed E-state index contributed by atoms with van der Waals surface area (Å²) in [6.45, 7) is -2.91. The zero-order valence-electron chi connectivity index (χ0n) is 13.1. The van der Waals surface area contributed by atoms with Crippen LogP contribution in [0.1, 0.15) is 11.1 Å². The van der Waals surface area contributed by atoms with Crippen molar-refractivity contribution >= 4 is 11.9 Å². The smallest absolute Gasteiger partial charge is 0.387 e. The minimum absolute atomic E-state index is 0.0376. The predicted octanol–water partition coefficient (Wildman–Crippen LogP) is 3.76. The monoisotopic (exact) mass is 352 g/mol. The van der Waals surface area contributed by atoms with Crippen molar-refractivity contribution in [3.63, 3.8) is 0 Å². The Kier molecular flexibility index (Phi) is 6.21. The van der Waals surface area contributed by atoms with Crippen LogP contribution < -0.4 is 9.47 Å². The van der Waals surface area contributed by atoms with E-state index >= 15 is 0 Å². The molecular formula is C16H14F2N2O5. The second-order valence-corrected chi connectivity index (χ2v) is 4.72. The fraction of sp³-hybridized carbons (Fsp3) is 0.188. The molecule has 0 amide bonds. The molecule has 2 rings (SSSR count). The van der Waals surface area contributed by atoms with Gasteiger partial charge in [-0.1, -0.05) is 17.3 Å². The highest BCUT2D eigenvalue weighted by molar-refractivity contribution is 5.80. The van der Waals surface area contributed by atoms with Crippen molar-refractivity contribution < 1.29 is 28.0 Å². The molecule has 132 valence electrons. The Balaban J connectivity index is 1.98. The first kappa shape index (κ1) is 18.1. The Morgan fingerprint density at radius 1 is 1.24 bits per heavy atom. The Morgan fingerprint density at radius 2 is 2.04 bits per heavy atom. The van der Waals surface area contributed by atoms with Gasteiger partial charge >= 0.3 is 6.61 Å². The average Bonchev–Trinajstić information content (AvgIpc) is 2.59. The average molecular weight is 352 g/mol. The first-order chi connectivity index (χ1) is 12.0. The molecule has 0 N–H and O–H groups in total. The Hall–Kier alpha value is -3.23. The van der Waals surface area contributed by atoms with Crippen LogP contribution in [0.25, 0.3) is 0 Å². The zero-order chi connectivity index (χ0) is 18.2. The van der Waals surface area contributed by atoms with E-state index in [9.17, 15) is 18.9 Å². The second-order valence-electron chi connectivity index (χ2n) is 4.72. The molecule has 0 heterocycles. The normalized spacial score (nSPS) is 10.9. The maximum absolute atomic E-state index is 12.3. The molecule has 0 aliphatic carbocycles. The van der Waals surface area contributed by atoms with E-state index in [4.69, 9.17) is 9.57 Å². The number of nitro benzene ring substituents is 1. The molecular weight excluding hydrogens is 338 g/mol. The van der Waals surface area contributed by atoms with Crippen LogP contribution >= 0.6 is 0 Å². The van der Waals surface area contributed by atoms with Crippen molar-refractivity contribution in [3.8, 4) is 11.5 Å². The van der Waals surface area contributed by atoms with E-state index in [0.29, 0.717) is 11.1 Å². The third-order valence-electron chi connectivity index (χ3n) is 3.03. The van der Waals surface area contributed by atoms with E-state index < -0.39 is 11.5 Å². The topological polar surface area (TPSA) is 83.2 Å². The number of hydrogen-bond acceptors (Lipinski definition) is 6. The number of halogens is 2. The highest BCUT2D eigenvalue weighted by Crippen LogP contribution is 2.28. The van der Waals surface area contributed by atoms with Gasteiger partial charge < -0.3 is 14.3 Å². The molecule has 0 radical (unpaired) electrons. The van der Waals surface area contributed by atoms with Crippen LogP contribution in [0.3, 0.4) is 0 Å². The number of oxime groups is 1. The highest BCUT2D eigenvalue weighted by atomic mass is 19.3. The lowest BCUT2D eigenvalue weighted by Crippen LogP contribution is -2.03. The van der Waals surface area contributed by atoms with Gasteiger partial charge in [-0.15, -0.1) is 0 Å². The maximum Gasteiger partial charge on any atom is 0.387 e. The van der Waals surface area contributed by atoms with Crippen LogP contribution in [0.4, 0.5) is 14.5 Å². The summed E-state index contributed by atoms with van der Waals surface area (Å²) in [5, 5.41) is 14.4. The van der Waals surface area contributed by atoms with Crippen molar-refractivity contribution in [1.82, 2.24) is 0 Å². The van der Waals surface area contributed by atoms with Crippen molar-refractivity contribution in [3.05, 3.63) is 63.7 Å². The largest absolute Gasteiger partial charge is 0.493 e. The Morgan fingerprint density at radius 3 is 2.72 bits per heavy atom. The second kappa shape index (κ2) is 8.57. The number of benzene rings is 2. The van der Waals surface area contributed by atoms with Crippen LogP contribution in [0.15, 0.2) is 47.6 Å². The van der Waals surface area contributed by atoms with Crippen molar-refractivity contribution in [1.29, 1.82) is 0 Å². The molecule has 0 aromatic heterocycles. The fourth-order valence-corrected chi connectivity index (χ4v) is 1.93. The van der Waals surface area contributed by atoms with E-state index in [-0.39, 0.29) is 23.8 Å². The van der Waals surface area contributed by atoms with E-state index in [2.05, 4.69) is 9.89 Å². The summed E-state index contributed by atoms with van der Waals surface area (Å²) in [5.41, 5.74) is 1.09. The van der Waals surface area contributed by atoms with Gasteiger partial charge in [-0.2, -0.15) is 8.78 Å². The summed E-state index contributed by atoms with van der Waals surface area (Å²) >= 11 is 0. The molecule has 0 unspecified atom stereocenters. The molecule has 0 aliphatic rings. The molecule has 0 aliphatic heterocycles. The molecule has 25 heavy (non-hydrogen) atoms. The summed E-state index contributed by atoms with van der Waals surface area (Å²) < 4.78 is 33.8. The third-order valence-corrected chi connectivity index (χ3v) is 3.03. The van der Waals surface area contributed by atoms with Gasteiger partial charge in [-0.25, -0.2) is 0 Å².